The van der Waals surface area contributed by atoms with Gasteiger partial charge in [-0.15, -0.1) is 22.6 Å². The Kier molecular flexibility index (Phi) is 7.70. The number of tetrazole rings is 1. The second-order valence-corrected chi connectivity index (χ2v) is 7.25. The zero-order valence-electron chi connectivity index (χ0n) is 17.7. The first-order valence-corrected chi connectivity index (χ1v) is 10.2. The fraction of sp³-hybridized carbons (Fsp3) is 0.167. The minimum atomic E-state index is -0.527. The highest BCUT2D eigenvalue weighted by Gasteiger charge is 2.21. The lowest BCUT2D eigenvalue weighted by Crippen LogP contribution is -2.43. The van der Waals surface area contributed by atoms with Crippen molar-refractivity contribution < 1.29 is 4.79 Å². The Morgan fingerprint density at radius 1 is 0.969 bits per heavy atom. The first-order valence-electron chi connectivity index (χ1n) is 10.2. The number of aromatic nitrogens is 4. The van der Waals surface area contributed by atoms with E-state index in [-0.39, 0.29) is 18.3 Å². The van der Waals surface area contributed by atoms with Crippen molar-refractivity contribution in [3.8, 4) is 22.5 Å². The molecule has 3 aromatic carbocycles. The average molecular weight is 449 g/mol. The van der Waals surface area contributed by atoms with Crippen molar-refractivity contribution in [3.63, 3.8) is 0 Å². The van der Waals surface area contributed by atoms with Crippen LogP contribution < -0.4 is 10.6 Å². The van der Waals surface area contributed by atoms with Gasteiger partial charge in [0.05, 0.1) is 12.6 Å². The molecule has 0 aliphatic heterocycles. The lowest BCUT2D eigenvalue weighted by molar-refractivity contribution is -0.120. The van der Waals surface area contributed by atoms with Crippen LogP contribution in [0.5, 0.6) is 0 Å². The molecule has 1 atom stereocenters. The van der Waals surface area contributed by atoms with Gasteiger partial charge in [0, 0.05) is 11.3 Å². The van der Waals surface area contributed by atoms with Gasteiger partial charge >= 0.3 is 0 Å². The maximum absolute atomic E-state index is 12.9. The third kappa shape index (κ3) is 5.01. The number of carbonyl (C=O) groups excluding carboxylic acids is 1. The second-order valence-electron chi connectivity index (χ2n) is 7.25. The van der Waals surface area contributed by atoms with Crippen LogP contribution in [0.2, 0.25) is 0 Å². The third-order valence-electron chi connectivity index (χ3n) is 5.21. The minimum absolute atomic E-state index is 0. The van der Waals surface area contributed by atoms with Gasteiger partial charge in [0.15, 0.2) is 0 Å². The molecule has 0 unspecified atom stereocenters. The molecule has 0 radical (unpaired) electrons. The molecule has 3 N–H and O–H groups in total. The van der Waals surface area contributed by atoms with Crippen LogP contribution in [0.15, 0.2) is 78.9 Å². The van der Waals surface area contributed by atoms with E-state index in [1.807, 2.05) is 85.8 Å². The van der Waals surface area contributed by atoms with Gasteiger partial charge in [0.25, 0.3) is 0 Å². The topological polar surface area (TPSA) is 101 Å². The van der Waals surface area contributed by atoms with Crippen molar-refractivity contribution >= 4 is 24.0 Å². The summed E-state index contributed by atoms with van der Waals surface area (Å²) in [6.07, 6.45) is 0.591. The lowest BCUT2D eigenvalue weighted by Gasteiger charge is -2.25. The maximum atomic E-state index is 12.9. The monoisotopic (exact) mass is 448 g/mol. The maximum Gasteiger partial charge on any atom is 0.244 e. The molecule has 1 amide bonds. The fourth-order valence-electron chi connectivity index (χ4n) is 3.46. The Balaban J connectivity index is 0.00000289. The van der Waals surface area contributed by atoms with Crippen molar-refractivity contribution in [1.82, 2.24) is 20.6 Å². The molecule has 8 heteroatoms. The Labute approximate surface area is 193 Å². The van der Waals surface area contributed by atoms with Gasteiger partial charge in [-0.3, -0.25) is 4.79 Å². The molecule has 0 saturated carbocycles. The number of anilines is 1. The molecule has 0 fully saturated rings. The predicted octanol–water partition coefficient (Wildman–Crippen LogP) is 4.23. The van der Waals surface area contributed by atoms with Crippen molar-refractivity contribution in [3.05, 3.63) is 84.4 Å². The number of nitrogens with two attached hydrogens (primary N) is 1. The lowest BCUT2D eigenvalue weighted by atomic mass is 9.98. The van der Waals surface area contributed by atoms with E-state index in [0.29, 0.717) is 18.8 Å². The summed E-state index contributed by atoms with van der Waals surface area (Å²) < 4.78 is 0. The van der Waals surface area contributed by atoms with E-state index >= 15 is 0 Å². The molecule has 4 aromatic rings. The van der Waals surface area contributed by atoms with E-state index in [1.54, 1.807) is 4.90 Å². The number of nitrogens with zero attached hydrogens (tertiary/aromatic N) is 4. The summed E-state index contributed by atoms with van der Waals surface area (Å²) in [6.45, 7) is 2.37. The number of hydrogen-bond acceptors (Lipinski definition) is 5. The molecule has 0 bridgehead atoms. The Hall–Kier alpha value is -3.55. The summed E-state index contributed by atoms with van der Waals surface area (Å²) in [7, 11) is 0. The molecule has 1 heterocycles. The fourth-order valence-corrected chi connectivity index (χ4v) is 3.46. The van der Waals surface area contributed by atoms with Gasteiger partial charge in [-0.25, -0.2) is 0 Å². The highest BCUT2D eigenvalue weighted by atomic mass is 35.5. The quantitative estimate of drug-likeness (QED) is 0.440. The van der Waals surface area contributed by atoms with Crippen LogP contribution in [0.25, 0.3) is 22.5 Å². The van der Waals surface area contributed by atoms with Crippen molar-refractivity contribution in [2.75, 3.05) is 4.90 Å². The number of amides is 1. The molecule has 0 spiro atoms. The highest BCUT2D eigenvalue weighted by molar-refractivity contribution is 5.97. The van der Waals surface area contributed by atoms with Gasteiger partial charge in [-0.1, -0.05) is 73.7 Å². The summed E-state index contributed by atoms with van der Waals surface area (Å²) in [6, 6.07) is 25.2. The van der Waals surface area contributed by atoms with Crippen LogP contribution in [0.1, 0.15) is 18.9 Å². The molecule has 164 valence electrons. The van der Waals surface area contributed by atoms with Gasteiger partial charge in [-0.2, -0.15) is 5.21 Å². The first kappa shape index (κ1) is 23.1. The number of rotatable bonds is 7. The van der Waals surface area contributed by atoms with Crippen LogP contribution in [0.4, 0.5) is 5.69 Å². The summed E-state index contributed by atoms with van der Waals surface area (Å²) >= 11 is 0. The number of hydrogen-bond donors (Lipinski definition) is 2. The van der Waals surface area contributed by atoms with Crippen molar-refractivity contribution in [1.29, 1.82) is 0 Å². The normalized spacial score (nSPS) is 11.4. The van der Waals surface area contributed by atoms with Gasteiger partial charge < -0.3 is 10.6 Å². The zero-order chi connectivity index (χ0) is 21.6. The van der Waals surface area contributed by atoms with Crippen LogP contribution in [0.3, 0.4) is 0 Å². The van der Waals surface area contributed by atoms with Crippen LogP contribution in [-0.2, 0) is 11.3 Å². The summed E-state index contributed by atoms with van der Waals surface area (Å²) in [5.74, 6) is 0.467. The van der Waals surface area contributed by atoms with Gasteiger partial charge in [-0.05, 0) is 40.5 Å². The van der Waals surface area contributed by atoms with Crippen molar-refractivity contribution in [2.24, 2.45) is 5.73 Å². The molecule has 0 aliphatic carbocycles. The molecule has 7 nitrogen and oxygen atoms in total. The molecule has 1 aromatic heterocycles. The predicted molar refractivity (Wildman–Crippen MR) is 128 cm³/mol. The summed E-state index contributed by atoms with van der Waals surface area (Å²) in [5, 5.41) is 14.4. The van der Waals surface area contributed by atoms with Crippen LogP contribution >= 0.6 is 12.4 Å². The number of H-pyrrole nitrogens is 1. The number of benzene rings is 3. The molecule has 32 heavy (non-hydrogen) atoms. The van der Waals surface area contributed by atoms with Gasteiger partial charge in [0.1, 0.15) is 0 Å². The van der Waals surface area contributed by atoms with Crippen LogP contribution in [0, 0.1) is 0 Å². The third-order valence-corrected chi connectivity index (χ3v) is 5.21. The number of carbonyl (C=O) groups is 1. The van der Waals surface area contributed by atoms with Gasteiger partial charge in [0.2, 0.25) is 11.7 Å². The molecular weight excluding hydrogens is 424 g/mol. The number of halogens is 1. The highest BCUT2D eigenvalue weighted by Crippen LogP contribution is 2.30. The summed E-state index contributed by atoms with van der Waals surface area (Å²) in [4.78, 5) is 14.7. The van der Waals surface area contributed by atoms with E-state index in [1.165, 1.54) is 0 Å². The second kappa shape index (κ2) is 10.7. The van der Waals surface area contributed by atoms with Crippen molar-refractivity contribution in [2.45, 2.75) is 25.9 Å². The molecule has 0 aliphatic rings. The number of aromatic amines is 1. The van der Waals surface area contributed by atoms with E-state index in [0.717, 1.165) is 27.9 Å². The SMILES string of the molecule is CC[C@@H](N)C(=O)N(Cc1ccc(-c2ccccc2-c2nn[nH]n2)cc1)c1ccccc1.Cl. The summed E-state index contributed by atoms with van der Waals surface area (Å²) in [5.41, 5.74) is 10.9. The first-order chi connectivity index (χ1) is 15.2. The Bertz CT molecular complexity index is 1130. The number of para-hydroxylation sites is 1. The smallest absolute Gasteiger partial charge is 0.244 e. The van der Waals surface area contributed by atoms with E-state index < -0.39 is 6.04 Å². The molecule has 4 rings (SSSR count). The number of nitrogens with one attached hydrogen (secondary N) is 1. The Morgan fingerprint density at radius 3 is 2.25 bits per heavy atom. The van der Waals surface area contributed by atoms with Crippen LogP contribution in [-0.4, -0.2) is 32.6 Å². The van der Waals surface area contributed by atoms with E-state index in [9.17, 15) is 4.79 Å². The molecular formula is C24H25ClN6O. The largest absolute Gasteiger partial charge is 0.320 e. The van der Waals surface area contributed by atoms with E-state index in [2.05, 4.69) is 20.6 Å². The standard InChI is InChI=1S/C24H24N6O.ClH/c1-2-22(25)24(31)30(19-8-4-3-5-9-19)16-17-12-14-18(15-13-17)20-10-6-7-11-21(20)23-26-28-29-27-23;/h3-15,22H,2,16,25H2,1H3,(H,26,27,28,29);1H/t22-;/m1./s1. The zero-order valence-corrected chi connectivity index (χ0v) is 18.5. The average Bonchev–Trinajstić information content (AvgIpc) is 3.37. The Morgan fingerprint density at radius 2 is 1.62 bits per heavy atom. The molecule has 0 saturated heterocycles. The minimum Gasteiger partial charge on any atom is -0.320 e. The van der Waals surface area contributed by atoms with E-state index in [4.69, 9.17) is 5.73 Å².